The van der Waals surface area contributed by atoms with Crippen LogP contribution in [0.3, 0.4) is 0 Å². The number of hydrogen-bond donors (Lipinski definition) is 2. The van der Waals surface area contributed by atoms with Gasteiger partial charge >= 0.3 is 12.1 Å². The zero-order valence-electron chi connectivity index (χ0n) is 19.1. The lowest BCUT2D eigenvalue weighted by Crippen LogP contribution is -2.42. The highest BCUT2D eigenvalue weighted by atomic mass is 19.1. The SMILES string of the molecule is CCOC(=O)[C@H](CO)C[C@@H](Cc1ccc(-c2cccc(F)c2)cc1)NC(=O)OC(C)(C)C. The summed E-state index contributed by atoms with van der Waals surface area (Å²) in [6.45, 7) is 6.82. The summed E-state index contributed by atoms with van der Waals surface area (Å²) in [6, 6.07) is 13.4. The maximum atomic E-state index is 13.5. The van der Waals surface area contributed by atoms with Crippen molar-refractivity contribution < 1.29 is 28.6 Å². The van der Waals surface area contributed by atoms with Gasteiger partial charge in [0.05, 0.1) is 19.1 Å². The van der Waals surface area contributed by atoms with Crippen molar-refractivity contribution in [1.29, 1.82) is 0 Å². The molecule has 0 aromatic heterocycles. The van der Waals surface area contributed by atoms with Crippen LogP contribution in [-0.2, 0) is 20.7 Å². The third-order valence-corrected chi connectivity index (χ3v) is 4.72. The molecule has 0 fully saturated rings. The molecule has 0 bridgehead atoms. The van der Waals surface area contributed by atoms with Gasteiger partial charge in [0.1, 0.15) is 11.4 Å². The Labute approximate surface area is 188 Å². The first kappa shape index (κ1) is 25.3. The molecule has 0 spiro atoms. The fourth-order valence-corrected chi connectivity index (χ4v) is 3.30. The van der Waals surface area contributed by atoms with Gasteiger partial charge < -0.3 is 19.9 Å². The number of esters is 1. The van der Waals surface area contributed by atoms with Gasteiger partial charge in [-0.15, -0.1) is 0 Å². The summed E-state index contributed by atoms with van der Waals surface area (Å²) in [5.41, 5.74) is 1.87. The molecule has 2 aromatic rings. The van der Waals surface area contributed by atoms with Crippen LogP contribution < -0.4 is 5.32 Å². The van der Waals surface area contributed by atoms with Crippen molar-refractivity contribution in [3.05, 3.63) is 59.9 Å². The first-order valence-electron chi connectivity index (χ1n) is 10.7. The highest BCUT2D eigenvalue weighted by Crippen LogP contribution is 2.22. The standard InChI is InChI=1S/C25H32FNO5/c1-5-31-23(29)20(16-28)15-22(27-24(30)32-25(2,3)4)13-17-9-11-18(12-10-17)19-7-6-8-21(26)14-19/h6-12,14,20,22,28H,5,13,15-16H2,1-4H3,(H,27,30)/t20-,22+/m0/s1. The number of benzene rings is 2. The van der Waals surface area contributed by atoms with E-state index >= 15 is 0 Å². The van der Waals surface area contributed by atoms with Gasteiger partial charge in [-0.3, -0.25) is 4.79 Å². The first-order chi connectivity index (χ1) is 15.1. The molecule has 6 nitrogen and oxygen atoms in total. The fraction of sp³-hybridized carbons (Fsp3) is 0.440. The van der Waals surface area contributed by atoms with Crippen molar-refractivity contribution in [1.82, 2.24) is 5.32 Å². The average Bonchev–Trinajstić information content (AvgIpc) is 2.71. The molecule has 174 valence electrons. The molecule has 0 aliphatic heterocycles. The normalized spacial score (nSPS) is 13.2. The molecular weight excluding hydrogens is 413 g/mol. The van der Waals surface area contributed by atoms with Crippen molar-refractivity contribution >= 4 is 12.1 Å². The third-order valence-electron chi connectivity index (χ3n) is 4.72. The highest BCUT2D eigenvalue weighted by molar-refractivity contribution is 5.73. The molecule has 2 atom stereocenters. The Morgan fingerprint density at radius 2 is 1.78 bits per heavy atom. The minimum atomic E-state index is -0.763. The smallest absolute Gasteiger partial charge is 0.407 e. The quantitative estimate of drug-likeness (QED) is 0.556. The van der Waals surface area contributed by atoms with Crippen molar-refractivity contribution in [3.8, 4) is 11.1 Å². The molecule has 0 radical (unpaired) electrons. The number of aliphatic hydroxyl groups is 1. The lowest BCUT2D eigenvalue weighted by molar-refractivity contribution is -0.149. The second-order valence-corrected chi connectivity index (χ2v) is 8.62. The lowest BCUT2D eigenvalue weighted by Gasteiger charge is -2.25. The monoisotopic (exact) mass is 445 g/mol. The number of halogens is 1. The van der Waals surface area contributed by atoms with Crippen LogP contribution in [0.5, 0.6) is 0 Å². The Balaban J connectivity index is 2.17. The number of carbonyl (C=O) groups is 2. The Morgan fingerprint density at radius 1 is 1.09 bits per heavy atom. The van der Waals surface area contributed by atoms with Crippen LogP contribution in [0.25, 0.3) is 11.1 Å². The Hall–Kier alpha value is -2.93. The first-order valence-corrected chi connectivity index (χ1v) is 10.7. The van der Waals surface area contributed by atoms with Crippen molar-refractivity contribution in [2.24, 2.45) is 5.92 Å². The second-order valence-electron chi connectivity index (χ2n) is 8.62. The van der Waals surface area contributed by atoms with E-state index < -0.39 is 29.6 Å². The van der Waals surface area contributed by atoms with E-state index in [2.05, 4.69) is 5.32 Å². The van der Waals surface area contributed by atoms with Crippen LogP contribution in [0.4, 0.5) is 9.18 Å². The van der Waals surface area contributed by atoms with E-state index in [0.29, 0.717) is 6.42 Å². The second kappa shape index (κ2) is 11.6. The molecular formula is C25H32FNO5. The number of carbonyl (C=O) groups excluding carboxylic acids is 2. The molecule has 0 saturated carbocycles. The largest absolute Gasteiger partial charge is 0.466 e. The predicted molar refractivity (Wildman–Crippen MR) is 121 cm³/mol. The maximum Gasteiger partial charge on any atom is 0.407 e. The number of ether oxygens (including phenoxy) is 2. The van der Waals surface area contributed by atoms with E-state index in [1.54, 1.807) is 33.8 Å². The predicted octanol–water partition coefficient (Wildman–Crippen LogP) is 4.49. The van der Waals surface area contributed by atoms with Crippen molar-refractivity contribution in [3.63, 3.8) is 0 Å². The Bertz CT molecular complexity index is 892. The van der Waals surface area contributed by atoms with Gasteiger partial charge in [0.15, 0.2) is 0 Å². The van der Waals surface area contributed by atoms with Gasteiger partial charge in [0.25, 0.3) is 0 Å². The number of aliphatic hydroxyl groups excluding tert-OH is 1. The molecule has 2 aromatic carbocycles. The van der Waals surface area contributed by atoms with Crippen LogP contribution in [-0.4, -0.2) is 42.0 Å². The molecule has 2 N–H and O–H groups in total. The number of amides is 1. The summed E-state index contributed by atoms with van der Waals surface area (Å²) in [5.74, 6) is -1.57. The molecule has 0 aliphatic carbocycles. The van der Waals surface area contributed by atoms with E-state index in [9.17, 15) is 19.1 Å². The van der Waals surface area contributed by atoms with Crippen molar-refractivity contribution in [2.45, 2.75) is 52.2 Å². The van der Waals surface area contributed by atoms with Gasteiger partial charge in [-0.1, -0.05) is 36.4 Å². The van der Waals surface area contributed by atoms with Crippen LogP contribution in [0.2, 0.25) is 0 Å². The van der Waals surface area contributed by atoms with Gasteiger partial charge in [-0.25, -0.2) is 9.18 Å². The molecule has 0 saturated heterocycles. The fourth-order valence-electron chi connectivity index (χ4n) is 3.30. The number of alkyl carbamates (subject to hydrolysis) is 1. The zero-order chi connectivity index (χ0) is 23.7. The zero-order valence-corrected chi connectivity index (χ0v) is 19.1. The summed E-state index contributed by atoms with van der Waals surface area (Å²) >= 11 is 0. The third kappa shape index (κ3) is 8.30. The summed E-state index contributed by atoms with van der Waals surface area (Å²) in [5, 5.41) is 12.5. The number of hydrogen-bond acceptors (Lipinski definition) is 5. The van der Waals surface area contributed by atoms with Crippen LogP contribution >= 0.6 is 0 Å². The summed E-state index contributed by atoms with van der Waals surface area (Å²) in [4.78, 5) is 24.5. The molecule has 7 heteroatoms. The van der Waals surface area contributed by atoms with E-state index in [0.717, 1.165) is 16.7 Å². The molecule has 32 heavy (non-hydrogen) atoms. The topological polar surface area (TPSA) is 84.9 Å². The lowest BCUT2D eigenvalue weighted by atomic mass is 9.94. The maximum absolute atomic E-state index is 13.5. The summed E-state index contributed by atoms with van der Waals surface area (Å²) in [6.07, 6.45) is 0.0122. The molecule has 0 unspecified atom stereocenters. The van der Waals surface area contributed by atoms with E-state index in [4.69, 9.17) is 9.47 Å². The van der Waals surface area contributed by atoms with E-state index in [1.165, 1.54) is 12.1 Å². The summed E-state index contributed by atoms with van der Waals surface area (Å²) < 4.78 is 23.9. The average molecular weight is 446 g/mol. The number of rotatable bonds is 9. The van der Waals surface area contributed by atoms with Gasteiger partial charge in [-0.05, 0) is 69.4 Å². The molecule has 0 aliphatic rings. The number of nitrogens with one attached hydrogen (secondary N) is 1. The van der Waals surface area contributed by atoms with Crippen LogP contribution in [0.1, 0.15) is 39.7 Å². The Morgan fingerprint density at radius 3 is 2.34 bits per heavy atom. The minimum absolute atomic E-state index is 0.195. The van der Waals surface area contributed by atoms with Gasteiger partial charge in [0, 0.05) is 6.04 Å². The highest BCUT2D eigenvalue weighted by Gasteiger charge is 2.26. The van der Waals surface area contributed by atoms with Gasteiger partial charge in [-0.2, -0.15) is 0 Å². The van der Waals surface area contributed by atoms with E-state index in [-0.39, 0.29) is 25.5 Å². The van der Waals surface area contributed by atoms with Crippen LogP contribution in [0.15, 0.2) is 48.5 Å². The molecule has 0 heterocycles. The molecule has 1 amide bonds. The van der Waals surface area contributed by atoms with E-state index in [1.807, 2.05) is 30.3 Å². The van der Waals surface area contributed by atoms with Gasteiger partial charge in [0.2, 0.25) is 0 Å². The Kier molecular flexibility index (Phi) is 9.20. The van der Waals surface area contributed by atoms with Crippen LogP contribution in [0, 0.1) is 11.7 Å². The summed E-state index contributed by atoms with van der Waals surface area (Å²) in [7, 11) is 0. The van der Waals surface area contributed by atoms with Crippen molar-refractivity contribution in [2.75, 3.05) is 13.2 Å². The molecule has 2 rings (SSSR count). The minimum Gasteiger partial charge on any atom is -0.466 e.